The number of thiophene rings is 1. The number of benzene rings is 1. The van der Waals surface area contributed by atoms with Gasteiger partial charge in [-0.3, -0.25) is 0 Å². The maximum Gasteiger partial charge on any atom is 0.159 e. The fourth-order valence-electron chi connectivity index (χ4n) is 1.53. The van der Waals surface area contributed by atoms with Crippen molar-refractivity contribution in [3.05, 3.63) is 46.4 Å². The van der Waals surface area contributed by atoms with Crippen molar-refractivity contribution >= 4 is 37.5 Å². The third-order valence-electron chi connectivity index (χ3n) is 2.27. The van der Waals surface area contributed by atoms with Gasteiger partial charge >= 0.3 is 0 Å². The van der Waals surface area contributed by atoms with Crippen LogP contribution in [0.15, 0.2) is 46.4 Å². The second kappa shape index (κ2) is 3.96. The Balaban J connectivity index is 2.18. The molecule has 0 unspecified atom stereocenters. The summed E-state index contributed by atoms with van der Waals surface area (Å²) in [5, 5.41) is 0. The van der Waals surface area contributed by atoms with Gasteiger partial charge in [-0.05, 0) is 22.0 Å². The number of fused-ring (bicyclic) bond motifs is 1. The molecule has 0 atom stereocenters. The monoisotopic (exact) mass is 290 g/mol. The second-order valence-corrected chi connectivity index (χ2v) is 5.82. The molecular weight excluding hydrogens is 284 g/mol. The highest BCUT2D eigenvalue weighted by Gasteiger charge is 2.04. The predicted octanol–water partition coefficient (Wildman–Crippen LogP) is 4.12. The van der Waals surface area contributed by atoms with E-state index in [1.165, 1.54) is 0 Å². The normalized spacial score (nSPS) is 10.8. The molecule has 0 N–H and O–H groups in total. The van der Waals surface area contributed by atoms with Gasteiger partial charge in [-0.25, -0.2) is 9.97 Å². The maximum atomic E-state index is 4.54. The fraction of sp³-hybridized carbons (Fsp3) is 0. The van der Waals surface area contributed by atoms with Crippen LogP contribution in [-0.4, -0.2) is 9.97 Å². The molecule has 78 valence electrons. The quantitative estimate of drug-likeness (QED) is 0.674. The minimum Gasteiger partial charge on any atom is -0.235 e. The molecular formula is C12H7BrN2S. The van der Waals surface area contributed by atoms with E-state index in [0.717, 1.165) is 25.4 Å². The highest BCUT2D eigenvalue weighted by Crippen LogP contribution is 2.29. The largest absolute Gasteiger partial charge is 0.235 e. The van der Waals surface area contributed by atoms with E-state index >= 15 is 0 Å². The van der Waals surface area contributed by atoms with E-state index in [0.29, 0.717) is 0 Å². The van der Waals surface area contributed by atoms with E-state index in [9.17, 15) is 0 Å². The lowest BCUT2D eigenvalue weighted by molar-refractivity contribution is 1.23. The highest BCUT2D eigenvalue weighted by molar-refractivity contribution is 9.11. The van der Waals surface area contributed by atoms with Crippen molar-refractivity contribution in [1.29, 1.82) is 0 Å². The standard InChI is InChI=1S/C12H7BrN2S/c13-11-6-9-10(16-11)7-14-12(15-9)8-4-2-1-3-5-8/h1-7H. The number of hydrogen-bond acceptors (Lipinski definition) is 3. The van der Waals surface area contributed by atoms with Gasteiger partial charge in [0.2, 0.25) is 0 Å². The van der Waals surface area contributed by atoms with Gasteiger partial charge in [0.15, 0.2) is 5.82 Å². The fourth-order valence-corrected chi connectivity index (χ4v) is 2.97. The molecule has 0 saturated carbocycles. The van der Waals surface area contributed by atoms with Gasteiger partial charge in [0.1, 0.15) is 0 Å². The van der Waals surface area contributed by atoms with Crippen molar-refractivity contribution in [2.45, 2.75) is 0 Å². The van der Waals surface area contributed by atoms with E-state index in [4.69, 9.17) is 0 Å². The Kier molecular flexibility index (Phi) is 2.46. The SMILES string of the molecule is Brc1cc2nc(-c3ccccc3)ncc2s1. The average molecular weight is 291 g/mol. The Morgan fingerprint density at radius 1 is 1.12 bits per heavy atom. The third kappa shape index (κ3) is 1.74. The molecule has 16 heavy (non-hydrogen) atoms. The van der Waals surface area contributed by atoms with E-state index in [-0.39, 0.29) is 0 Å². The topological polar surface area (TPSA) is 25.8 Å². The van der Waals surface area contributed by atoms with Gasteiger partial charge in [-0.1, -0.05) is 30.3 Å². The molecule has 3 rings (SSSR count). The summed E-state index contributed by atoms with van der Waals surface area (Å²) < 4.78 is 2.19. The summed E-state index contributed by atoms with van der Waals surface area (Å²) in [6.45, 7) is 0. The summed E-state index contributed by atoms with van der Waals surface area (Å²) in [6, 6.07) is 12.0. The van der Waals surface area contributed by atoms with Crippen LogP contribution in [0, 0.1) is 0 Å². The van der Waals surface area contributed by atoms with Crippen molar-refractivity contribution < 1.29 is 0 Å². The van der Waals surface area contributed by atoms with Gasteiger partial charge in [0.05, 0.1) is 14.0 Å². The summed E-state index contributed by atoms with van der Waals surface area (Å²) in [4.78, 5) is 8.90. The predicted molar refractivity (Wildman–Crippen MR) is 70.6 cm³/mol. The Morgan fingerprint density at radius 2 is 1.94 bits per heavy atom. The summed E-state index contributed by atoms with van der Waals surface area (Å²) in [5.41, 5.74) is 2.04. The van der Waals surface area contributed by atoms with Crippen LogP contribution in [0.5, 0.6) is 0 Å². The van der Waals surface area contributed by atoms with Gasteiger partial charge in [-0.2, -0.15) is 0 Å². The zero-order chi connectivity index (χ0) is 11.0. The number of rotatable bonds is 1. The van der Waals surface area contributed by atoms with Crippen LogP contribution in [0.1, 0.15) is 0 Å². The minimum absolute atomic E-state index is 0.776. The van der Waals surface area contributed by atoms with Crippen molar-refractivity contribution in [1.82, 2.24) is 9.97 Å². The molecule has 0 bridgehead atoms. The molecule has 0 amide bonds. The number of aromatic nitrogens is 2. The van der Waals surface area contributed by atoms with E-state index < -0.39 is 0 Å². The molecule has 2 nitrogen and oxygen atoms in total. The first-order chi connectivity index (χ1) is 7.83. The van der Waals surface area contributed by atoms with E-state index in [1.807, 2.05) is 42.6 Å². The van der Waals surface area contributed by atoms with Crippen LogP contribution in [0.3, 0.4) is 0 Å². The molecule has 0 aliphatic heterocycles. The Hall–Kier alpha value is -1.26. The Labute approximate surface area is 105 Å². The molecule has 0 fully saturated rings. The van der Waals surface area contributed by atoms with E-state index in [2.05, 4.69) is 25.9 Å². The highest BCUT2D eigenvalue weighted by atomic mass is 79.9. The molecule has 0 saturated heterocycles. The van der Waals surface area contributed by atoms with Gasteiger partial charge < -0.3 is 0 Å². The van der Waals surface area contributed by atoms with Crippen molar-refractivity contribution in [3.63, 3.8) is 0 Å². The smallest absolute Gasteiger partial charge is 0.159 e. The Bertz CT molecular complexity index is 634. The van der Waals surface area contributed by atoms with Gasteiger partial charge in [-0.15, -0.1) is 11.3 Å². The van der Waals surface area contributed by atoms with Crippen LogP contribution in [-0.2, 0) is 0 Å². The lowest BCUT2D eigenvalue weighted by Gasteiger charge is -1.98. The Morgan fingerprint density at radius 3 is 2.75 bits per heavy atom. The lowest BCUT2D eigenvalue weighted by atomic mass is 10.2. The molecule has 0 spiro atoms. The summed E-state index contributed by atoms with van der Waals surface area (Å²) >= 11 is 5.10. The zero-order valence-electron chi connectivity index (χ0n) is 8.22. The average Bonchev–Trinajstić information content (AvgIpc) is 2.69. The number of nitrogens with zero attached hydrogens (tertiary/aromatic N) is 2. The molecule has 0 aliphatic rings. The molecule has 3 aromatic rings. The first-order valence-electron chi connectivity index (χ1n) is 4.80. The van der Waals surface area contributed by atoms with Crippen molar-refractivity contribution in [2.75, 3.05) is 0 Å². The molecule has 4 heteroatoms. The molecule has 2 aromatic heterocycles. The molecule has 2 heterocycles. The van der Waals surface area contributed by atoms with Crippen LogP contribution in [0.2, 0.25) is 0 Å². The second-order valence-electron chi connectivity index (χ2n) is 3.36. The lowest BCUT2D eigenvalue weighted by Crippen LogP contribution is -1.86. The summed E-state index contributed by atoms with van der Waals surface area (Å²) in [5.74, 6) is 0.776. The maximum absolute atomic E-state index is 4.54. The van der Waals surface area contributed by atoms with Crippen LogP contribution in [0.25, 0.3) is 21.6 Å². The molecule has 0 aliphatic carbocycles. The van der Waals surface area contributed by atoms with Crippen LogP contribution < -0.4 is 0 Å². The van der Waals surface area contributed by atoms with Gasteiger partial charge in [0, 0.05) is 11.8 Å². The first kappa shape index (κ1) is 9.93. The molecule has 0 radical (unpaired) electrons. The van der Waals surface area contributed by atoms with Crippen molar-refractivity contribution in [2.24, 2.45) is 0 Å². The van der Waals surface area contributed by atoms with Gasteiger partial charge in [0.25, 0.3) is 0 Å². The van der Waals surface area contributed by atoms with E-state index in [1.54, 1.807) is 11.3 Å². The van der Waals surface area contributed by atoms with Crippen molar-refractivity contribution in [3.8, 4) is 11.4 Å². The third-order valence-corrected chi connectivity index (χ3v) is 3.83. The number of halogens is 1. The number of hydrogen-bond donors (Lipinski definition) is 0. The molecule has 1 aromatic carbocycles. The van der Waals surface area contributed by atoms with Crippen LogP contribution in [0.4, 0.5) is 0 Å². The summed E-state index contributed by atoms with van der Waals surface area (Å²) in [7, 11) is 0. The first-order valence-corrected chi connectivity index (χ1v) is 6.41. The van der Waals surface area contributed by atoms with Crippen LogP contribution >= 0.6 is 27.3 Å². The minimum atomic E-state index is 0.776. The zero-order valence-corrected chi connectivity index (χ0v) is 10.6. The summed E-state index contributed by atoms with van der Waals surface area (Å²) in [6.07, 6.45) is 1.88.